The Labute approximate surface area is 119 Å². The maximum absolute atomic E-state index is 4.20. The van der Waals surface area contributed by atoms with Crippen molar-refractivity contribution in [3.63, 3.8) is 0 Å². The highest BCUT2D eigenvalue weighted by Gasteiger charge is 2.07. The van der Waals surface area contributed by atoms with Crippen molar-refractivity contribution in [2.45, 2.75) is 10.1 Å². The molecule has 3 rings (SSSR count). The van der Waals surface area contributed by atoms with Gasteiger partial charge >= 0.3 is 0 Å². The number of hydrogen-bond acceptors (Lipinski definition) is 6. The van der Waals surface area contributed by atoms with Crippen LogP contribution in [0.4, 0.5) is 0 Å². The molecule has 0 N–H and O–H groups in total. The van der Waals surface area contributed by atoms with Gasteiger partial charge in [-0.1, -0.05) is 23.1 Å². The van der Waals surface area contributed by atoms with Crippen molar-refractivity contribution >= 4 is 23.1 Å². The van der Waals surface area contributed by atoms with Crippen LogP contribution in [0, 0.1) is 0 Å². The van der Waals surface area contributed by atoms with Crippen molar-refractivity contribution < 1.29 is 0 Å². The third-order valence-electron chi connectivity index (χ3n) is 2.43. The molecule has 19 heavy (non-hydrogen) atoms. The van der Waals surface area contributed by atoms with Gasteiger partial charge in [-0.15, -0.1) is 10.2 Å². The van der Waals surface area contributed by atoms with Gasteiger partial charge < -0.3 is 0 Å². The average molecular weight is 286 g/mol. The molecule has 0 radical (unpaired) electrons. The monoisotopic (exact) mass is 286 g/mol. The summed E-state index contributed by atoms with van der Waals surface area (Å²) in [7, 11) is 0. The molecule has 3 heterocycles. The van der Waals surface area contributed by atoms with E-state index in [1.807, 2.05) is 24.3 Å². The summed E-state index contributed by atoms with van der Waals surface area (Å²) in [4.78, 5) is 8.09. The van der Waals surface area contributed by atoms with E-state index in [0.717, 1.165) is 20.7 Å². The molecule has 0 aliphatic heterocycles. The summed E-state index contributed by atoms with van der Waals surface area (Å²) in [6, 6.07) is 7.91. The zero-order chi connectivity index (χ0) is 12.9. The summed E-state index contributed by atoms with van der Waals surface area (Å²) < 4.78 is 0.968. The van der Waals surface area contributed by atoms with Gasteiger partial charge in [0.1, 0.15) is 5.01 Å². The van der Waals surface area contributed by atoms with E-state index < -0.39 is 0 Å². The second kappa shape index (κ2) is 5.90. The van der Waals surface area contributed by atoms with Gasteiger partial charge in [0.25, 0.3) is 0 Å². The summed E-state index contributed by atoms with van der Waals surface area (Å²) in [5.74, 6) is 0.879. The smallest absolute Gasteiger partial charge is 0.174 e. The Morgan fingerprint density at radius 2 is 1.89 bits per heavy atom. The predicted octanol–water partition coefficient (Wildman–Crippen LogP) is 3.29. The zero-order valence-electron chi connectivity index (χ0n) is 9.93. The van der Waals surface area contributed by atoms with Crippen LogP contribution < -0.4 is 0 Å². The van der Waals surface area contributed by atoms with E-state index in [2.05, 4.69) is 20.2 Å². The van der Waals surface area contributed by atoms with Crippen LogP contribution >= 0.6 is 23.1 Å². The van der Waals surface area contributed by atoms with Crippen molar-refractivity contribution in [3.05, 3.63) is 54.6 Å². The lowest BCUT2D eigenvalue weighted by atomic mass is 10.3. The van der Waals surface area contributed by atoms with Crippen LogP contribution in [0.3, 0.4) is 0 Å². The molecule has 3 aromatic heterocycles. The van der Waals surface area contributed by atoms with Crippen LogP contribution in [-0.4, -0.2) is 20.2 Å². The van der Waals surface area contributed by atoms with Gasteiger partial charge in [0.2, 0.25) is 0 Å². The van der Waals surface area contributed by atoms with Crippen LogP contribution in [0.5, 0.6) is 0 Å². The highest BCUT2D eigenvalue weighted by molar-refractivity contribution is 8.00. The Morgan fingerprint density at radius 3 is 2.68 bits per heavy atom. The number of pyridine rings is 2. The lowest BCUT2D eigenvalue weighted by Gasteiger charge is -1.96. The van der Waals surface area contributed by atoms with Crippen LogP contribution in [-0.2, 0) is 5.75 Å². The third kappa shape index (κ3) is 3.15. The first kappa shape index (κ1) is 12.3. The average Bonchev–Trinajstić information content (AvgIpc) is 2.96. The molecular formula is C13H10N4S2. The van der Waals surface area contributed by atoms with Gasteiger partial charge in [0, 0.05) is 36.1 Å². The van der Waals surface area contributed by atoms with Crippen LogP contribution in [0.15, 0.2) is 53.4 Å². The molecule has 0 saturated heterocycles. The molecule has 0 spiro atoms. The molecule has 0 bridgehead atoms. The van der Waals surface area contributed by atoms with Crippen LogP contribution in [0.1, 0.15) is 5.56 Å². The van der Waals surface area contributed by atoms with Crippen LogP contribution in [0.25, 0.3) is 10.6 Å². The van der Waals surface area contributed by atoms with E-state index in [9.17, 15) is 0 Å². The van der Waals surface area contributed by atoms with Crippen molar-refractivity contribution in [1.82, 2.24) is 20.2 Å². The number of aromatic nitrogens is 4. The van der Waals surface area contributed by atoms with Crippen molar-refractivity contribution in [1.29, 1.82) is 0 Å². The van der Waals surface area contributed by atoms with Gasteiger partial charge in [-0.25, -0.2) is 0 Å². The molecule has 0 atom stereocenters. The maximum Gasteiger partial charge on any atom is 0.174 e. The summed E-state index contributed by atoms with van der Waals surface area (Å²) in [6.07, 6.45) is 7.16. The minimum Gasteiger partial charge on any atom is -0.265 e. The molecule has 0 unspecified atom stereocenters. The normalized spacial score (nSPS) is 10.5. The first-order valence-electron chi connectivity index (χ1n) is 5.67. The van der Waals surface area contributed by atoms with Crippen LogP contribution in [0.2, 0.25) is 0 Å². The summed E-state index contributed by atoms with van der Waals surface area (Å²) in [5, 5.41) is 9.30. The van der Waals surface area contributed by atoms with Gasteiger partial charge in [-0.05, 0) is 29.8 Å². The number of thioether (sulfide) groups is 1. The minimum atomic E-state index is 0.879. The fourth-order valence-electron chi connectivity index (χ4n) is 1.50. The summed E-state index contributed by atoms with van der Waals surface area (Å²) in [5.41, 5.74) is 2.24. The summed E-state index contributed by atoms with van der Waals surface area (Å²) >= 11 is 3.28. The van der Waals surface area contributed by atoms with Gasteiger partial charge in [0.05, 0.1) is 0 Å². The number of rotatable bonds is 4. The molecule has 0 fully saturated rings. The fourth-order valence-corrected chi connectivity index (χ4v) is 3.30. The fraction of sp³-hybridized carbons (Fsp3) is 0.0769. The third-order valence-corrected chi connectivity index (χ3v) is 4.60. The zero-order valence-corrected chi connectivity index (χ0v) is 11.6. The summed E-state index contributed by atoms with van der Waals surface area (Å²) in [6.45, 7) is 0. The van der Waals surface area contributed by atoms with Crippen molar-refractivity contribution in [3.8, 4) is 10.6 Å². The molecule has 0 aromatic carbocycles. The topological polar surface area (TPSA) is 51.6 Å². The maximum atomic E-state index is 4.20. The molecule has 94 valence electrons. The Balaban J connectivity index is 1.69. The molecular weight excluding hydrogens is 276 g/mol. The predicted molar refractivity (Wildman–Crippen MR) is 76.9 cm³/mol. The second-order valence-corrected chi connectivity index (χ2v) is 5.96. The highest BCUT2D eigenvalue weighted by atomic mass is 32.2. The molecule has 0 amide bonds. The Bertz CT molecular complexity index is 640. The largest absolute Gasteiger partial charge is 0.265 e. The SMILES string of the molecule is c1cncc(-c2nnc(SCc3ccncc3)s2)c1. The van der Waals surface area contributed by atoms with E-state index in [0.29, 0.717) is 0 Å². The van der Waals surface area contributed by atoms with E-state index in [4.69, 9.17) is 0 Å². The first-order chi connectivity index (χ1) is 9.42. The van der Waals surface area contributed by atoms with E-state index in [1.165, 1.54) is 5.56 Å². The van der Waals surface area contributed by atoms with Gasteiger partial charge in [0.15, 0.2) is 4.34 Å². The highest BCUT2D eigenvalue weighted by Crippen LogP contribution is 2.30. The van der Waals surface area contributed by atoms with E-state index >= 15 is 0 Å². The van der Waals surface area contributed by atoms with Gasteiger partial charge in [-0.3, -0.25) is 9.97 Å². The molecule has 0 aliphatic carbocycles. The Hall–Kier alpha value is -1.79. The molecule has 0 saturated carbocycles. The number of nitrogens with zero attached hydrogens (tertiary/aromatic N) is 4. The van der Waals surface area contributed by atoms with Gasteiger partial charge in [-0.2, -0.15) is 0 Å². The lowest BCUT2D eigenvalue weighted by molar-refractivity contribution is 1.01. The molecule has 4 nitrogen and oxygen atoms in total. The quantitative estimate of drug-likeness (QED) is 0.689. The number of hydrogen-bond donors (Lipinski definition) is 0. The van der Waals surface area contributed by atoms with E-state index in [-0.39, 0.29) is 0 Å². The lowest BCUT2D eigenvalue weighted by Crippen LogP contribution is -1.80. The molecule has 3 aromatic rings. The molecule has 0 aliphatic rings. The Kier molecular flexibility index (Phi) is 3.81. The molecule has 6 heteroatoms. The van der Waals surface area contributed by atoms with E-state index in [1.54, 1.807) is 47.9 Å². The first-order valence-corrected chi connectivity index (χ1v) is 7.47. The standard InChI is InChI=1S/C13H10N4S2/c1-2-11(8-15-5-1)12-16-17-13(19-12)18-9-10-3-6-14-7-4-10/h1-8H,9H2. The minimum absolute atomic E-state index is 0.879. The Morgan fingerprint density at radius 1 is 1.00 bits per heavy atom. The second-order valence-electron chi connectivity index (χ2n) is 3.76. The van der Waals surface area contributed by atoms with Crippen molar-refractivity contribution in [2.75, 3.05) is 0 Å². The van der Waals surface area contributed by atoms with Crippen molar-refractivity contribution in [2.24, 2.45) is 0 Å².